The number of aromatic carboxylic acids is 1. The van der Waals surface area contributed by atoms with Crippen LogP contribution in [0.25, 0.3) is 0 Å². The van der Waals surface area contributed by atoms with Crippen molar-refractivity contribution in [1.82, 2.24) is 4.98 Å². The van der Waals surface area contributed by atoms with Crippen LogP contribution in [0.5, 0.6) is 0 Å². The quantitative estimate of drug-likeness (QED) is 0.855. The summed E-state index contributed by atoms with van der Waals surface area (Å²) in [7, 11) is -1.87. The number of carboxylic acids is 1. The molecular weight excluding hydrogens is 282 g/mol. The van der Waals surface area contributed by atoms with E-state index in [1.54, 1.807) is 0 Å². The summed E-state index contributed by atoms with van der Waals surface area (Å²) in [6.45, 7) is 11.0. The summed E-state index contributed by atoms with van der Waals surface area (Å²) in [5, 5.41) is 9.25. The first-order valence-electron chi connectivity index (χ1n) is 6.06. The molecule has 1 aromatic rings. The fourth-order valence-electron chi connectivity index (χ4n) is 1.20. The molecule has 19 heavy (non-hydrogen) atoms. The van der Waals surface area contributed by atoms with Crippen LogP contribution in [0.15, 0.2) is 12.3 Å². The van der Waals surface area contributed by atoms with E-state index < -0.39 is 14.3 Å². The van der Waals surface area contributed by atoms with Crippen LogP contribution in [0.1, 0.15) is 36.8 Å². The van der Waals surface area contributed by atoms with Crippen LogP contribution in [0.2, 0.25) is 23.2 Å². The molecule has 0 spiro atoms. The van der Waals surface area contributed by atoms with E-state index in [0.717, 1.165) is 0 Å². The molecule has 0 bridgehead atoms. The molecule has 1 N–H and O–H groups in total. The molecule has 0 saturated heterocycles. The number of rotatable bonds is 4. The highest BCUT2D eigenvalue weighted by molar-refractivity contribution is 6.74. The Bertz CT molecular complexity index is 483. The number of hydrogen-bond acceptors (Lipinski definition) is 3. The fraction of sp³-hybridized carbons (Fsp3) is 0.538. The molecule has 0 unspecified atom stereocenters. The maximum Gasteiger partial charge on any atom is 0.337 e. The number of aromatic nitrogens is 1. The summed E-state index contributed by atoms with van der Waals surface area (Å²) >= 11 is 5.78. The Hall–Kier alpha value is -0.913. The van der Waals surface area contributed by atoms with E-state index in [1.807, 2.05) is 0 Å². The van der Waals surface area contributed by atoms with Crippen LogP contribution in [-0.4, -0.2) is 24.4 Å². The van der Waals surface area contributed by atoms with Gasteiger partial charge in [-0.05, 0) is 24.2 Å². The zero-order valence-electron chi connectivity index (χ0n) is 12.0. The standard InChI is InChI=1S/C13H20ClNO3Si/c1-13(2,3)19(4,5)18-8-9-6-10(12(16)17)11(14)7-15-9/h6-7H,8H2,1-5H3,(H,16,17). The van der Waals surface area contributed by atoms with Crippen molar-refractivity contribution < 1.29 is 14.3 Å². The Balaban J connectivity index is 2.85. The van der Waals surface area contributed by atoms with E-state index in [1.165, 1.54) is 12.3 Å². The molecular formula is C13H20ClNO3Si. The number of carbonyl (C=O) groups is 1. The lowest BCUT2D eigenvalue weighted by Crippen LogP contribution is -2.40. The van der Waals surface area contributed by atoms with Gasteiger partial charge in [0.15, 0.2) is 8.32 Å². The lowest BCUT2D eigenvalue weighted by Gasteiger charge is -2.36. The Kier molecular flexibility index (Phi) is 4.76. The SMILES string of the molecule is CC(C)(C)[Si](C)(C)OCc1cc(C(=O)O)c(Cl)cn1. The van der Waals surface area contributed by atoms with Gasteiger partial charge in [-0.15, -0.1) is 0 Å². The van der Waals surface area contributed by atoms with Crippen molar-refractivity contribution in [3.63, 3.8) is 0 Å². The van der Waals surface area contributed by atoms with Gasteiger partial charge in [0.25, 0.3) is 0 Å². The monoisotopic (exact) mass is 301 g/mol. The summed E-state index contributed by atoms with van der Waals surface area (Å²) in [5.74, 6) is -1.05. The number of nitrogens with zero attached hydrogens (tertiary/aromatic N) is 1. The molecule has 0 saturated carbocycles. The summed E-state index contributed by atoms with van der Waals surface area (Å²) in [5.41, 5.74) is 0.650. The summed E-state index contributed by atoms with van der Waals surface area (Å²) in [6, 6.07) is 1.47. The normalized spacial score (nSPS) is 12.5. The molecule has 1 heterocycles. The first-order valence-corrected chi connectivity index (χ1v) is 9.35. The lowest BCUT2D eigenvalue weighted by atomic mass is 10.2. The Labute approximate surface area is 119 Å². The van der Waals surface area contributed by atoms with Crippen molar-refractivity contribution in [3.8, 4) is 0 Å². The maximum atomic E-state index is 11.0. The molecule has 6 heteroatoms. The Morgan fingerprint density at radius 3 is 2.53 bits per heavy atom. The molecule has 0 aliphatic carbocycles. The molecule has 0 amide bonds. The molecule has 0 aliphatic rings. The topological polar surface area (TPSA) is 59.4 Å². The number of carboxylic acid groups (broad SMARTS) is 1. The summed E-state index contributed by atoms with van der Waals surface area (Å²) in [4.78, 5) is 15.1. The van der Waals surface area contributed by atoms with Gasteiger partial charge in [-0.25, -0.2) is 4.79 Å². The van der Waals surface area contributed by atoms with Gasteiger partial charge in [0.1, 0.15) is 0 Å². The zero-order chi connectivity index (χ0) is 14.8. The predicted molar refractivity (Wildman–Crippen MR) is 78.2 cm³/mol. The minimum absolute atomic E-state index is 0.0606. The van der Waals surface area contributed by atoms with Gasteiger partial charge in [-0.1, -0.05) is 32.4 Å². The largest absolute Gasteiger partial charge is 0.478 e. The van der Waals surface area contributed by atoms with Gasteiger partial charge in [0.05, 0.1) is 22.9 Å². The average molecular weight is 302 g/mol. The van der Waals surface area contributed by atoms with Crippen LogP contribution in [0.3, 0.4) is 0 Å². The van der Waals surface area contributed by atoms with Gasteiger partial charge >= 0.3 is 5.97 Å². The fourth-order valence-corrected chi connectivity index (χ4v) is 2.32. The summed E-state index contributed by atoms with van der Waals surface area (Å²) < 4.78 is 5.99. The average Bonchev–Trinajstić information content (AvgIpc) is 2.26. The molecule has 0 atom stereocenters. The smallest absolute Gasteiger partial charge is 0.337 e. The van der Waals surface area contributed by atoms with Crippen LogP contribution in [0.4, 0.5) is 0 Å². The van der Waals surface area contributed by atoms with Crippen LogP contribution >= 0.6 is 11.6 Å². The molecule has 0 aliphatic heterocycles. The minimum atomic E-state index is -1.87. The van der Waals surface area contributed by atoms with Crippen molar-refractivity contribution in [1.29, 1.82) is 0 Å². The zero-order valence-corrected chi connectivity index (χ0v) is 13.7. The van der Waals surface area contributed by atoms with Crippen LogP contribution < -0.4 is 0 Å². The van der Waals surface area contributed by atoms with E-state index in [2.05, 4.69) is 38.8 Å². The van der Waals surface area contributed by atoms with E-state index >= 15 is 0 Å². The van der Waals surface area contributed by atoms with Gasteiger partial charge in [0.2, 0.25) is 0 Å². The third-order valence-electron chi connectivity index (χ3n) is 3.53. The number of halogens is 1. The highest BCUT2D eigenvalue weighted by Gasteiger charge is 2.37. The van der Waals surface area contributed by atoms with Crippen molar-refractivity contribution in [2.75, 3.05) is 0 Å². The minimum Gasteiger partial charge on any atom is -0.478 e. The van der Waals surface area contributed by atoms with Crippen LogP contribution in [-0.2, 0) is 11.0 Å². The van der Waals surface area contributed by atoms with Crippen molar-refractivity contribution in [3.05, 3.63) is 28.5 Å². The van der Waals surface area contributed by atoms with E-state index in [4.69, 9.17) is 21.1 Å². The van der Waals surface area contributed by atoms with Gasteiger partial charge in [-0.3, -0.25) is 4.98 Å². The first-order chi connectivity index (χ1) is 8.54. The lowest BCUT2D eigenvalue weighted by molar-refractivity contribution is 0.0696. The van der Waals surface area contributed by atoms with E-state index in [9.17, 15) is 4.79 Å². The Morgan fingerprint density at radius 2 is 2.05 bits per heavy atom. The maximum absolute atomic E-state index is 11.0. The third-order valence-corrected chi connectivity index (χ3v) is 8.31. The second-order valence-corrected chi connectivity index (χ2v) is 11.2. The predicted octanol–water partition coefficient (Wildman–Crippen LogP) is 3.96. The first kappa shape index (κ1) is 16.1. The summed E-state index contributed by atoms with van der Waals surface area (Å²) in [6.07, 6.45) is 1.36. The number of pyridine rings is 1. The molecule has 4 nitrogen and oxygen atoms in total. The molecule has 0 radical (unpaired) electrons. The molecule has 0 aromatic carbocycles. The molecule has 1 rings (SSSR count). The second kappa shape index (κ2) is 5.61. The van der Waals surface area contributed by atoms with Crippen molar-refractivity contribution in [2.24, 2.45) is 0 Å². The molecule has 0 fully saturated rings. The van der Waals surface area contributed by atoms with E-state index in [-0.39, 0.29) is 15.6 Å². The van der Waals surface area contributed by atoms with Crippen molar-refractivity contribution >= 4 is 25.9 Å². The third kappa shape index (κ3) is 4.02. The van der Waals surface area contributed by atoms with E-state index in [0.29, 0.717) is 12.3 Å². The molecule has 106 valence electrons. The van der Waals surface area contributed by atoms with Gasteiger partial charge < -0.3 is 9.53 Å². The molecule has 1 aromatic heterocycles. The second-order valence-electron chi connectivity index (χ2n) is 6.01. The van der Waals surface area contributed by atoms with Gasteiger partial charge in [0, 0.05) is 6.20 Å². The highest BCUT2D eigenvalue weighted by atomic mass is 35.5. The van der Waals surface area contributed by atoms with Crippen LogP contribution in [0, 0.1) is 0 Å². The highest BCUT2D eigenvalue weighted by Crippen LogP contribution is 2.37. The number of hydrogen-bond donors (Lipinski definition) is 1. The van der Waals surface area contributed by atoms with Crippen molar-refractivity contribution in [2.45, 2.75) is 45.5 Å². The Morgan fingerprint density at radius 1 is 1.47 bits per heavy atom. The van der Waals surface area contributed by atoms with Gasteiger partial charge in [-0.2, -0.15) is 0 Å².